The number of rotatable bonds is 9. The SMILES string of the molecule is C=C[C@]1(C)C[C@H](OC(=O)C(=C)C(O)CO)[C@@H](C(=C)C(=O)OC)[C@H](O)[C@H]1C(=C)CO. The highest BCUT2D eigenvalue weighted by Gasteiger charge is 2.53. The van der Waals surface area contributed by atoms with Crippen LogP contribution in [0.15, 0.2) is 49.1 Å². The van der Waals surface area contributed by atoms with Crippen molar-refractivity contribution in [1.29, 1.82) is 0 Å². The summed E-state index contributed by atoms with van der Waals surface area (Å²) in [6.07, 6.45) is -2.17. The highest BCUT2D eigenvalue weighted by Crippen LogP contribution is 2.50. The molecule has 8 heteroatoms. The molecule has 6 atom stereocenters. The summed E-state index contributed by atoms with van der Waals surface area (Å²) in [6.45, 7) is 15.3. The minimum atomic E-state index is -1.51. The first-order valence-corrected chi connectivity index (χ1v) is 9.05. The maximum absolute atomic E-state index is 12.4. The molecular weight excluding hydrogens is 380 g/mol. The predicted octanol–water partition coefficient (Wildman–Crippen LogP) is 0.275. The third-order valence-corrected chi connectivity index (χ3v) is 5.52. The molecule has 0 heterocycles. The van der Waals surface area contributed by atoms with Gasteiger partial charge in [0.25, 0.3) is 0 Å². The van der Waals surface area contributed by atoms with Crippen molar-refractivity contribution >= 4 is 11.9 Å². The Morgan fingerprint density at radius 3 is 2.28 bits per heavy atom. The Balaban J connectivity index is 3.38. The first-order valence-electron chi connectivity index (χ1n) is 9.05. The van der Waals surface area contributed by atoms with E-state index in [0.717, 1.165) is 7.11 Å². The molecule has 29 heavy (non-hydrogen) atoms. The minimum absolute atomic E-state index is 0.117. The van der Waals surface area contributed by atoms with Gasteiger partial charge in [-0.15, -0.1) is 6.58 Å². The first kappa shape index (κ1) is 24.8. The summed E-state index contributed by atoms with van der Waals surface area (Å²) in [7, 11) is 1.15. The van der Waals surface area contributed by atoms with E-state index in [1.807, 2.05) is 0 Å². The van der Waals surface area contributed by atoms with Crippen LogP contribution in [0.25, 0.3) is 0 Å². The second kappa shape index (κ2) is 9.98. The highest BCUT2D eigenvalue weighted by atomic mass is 16.5. The van der Waals surface area contributed by atoms with Gasteiger partial charge in [0.2, 0.25) is 0 Å². The Kier molecular flexibility index (Phi) is 8.52. The van der Waals surface area contributed by atoms with E-state index >= 15 is 0 Å². The number of allylic oxidation sites excluding steroid dienone is 1. The summed E-state index contributed by atoms with van der Waals surface area (Å²) >= 11 is 0. The van der Waals surface area contributed by atoms with Crippen molar-refractivity contribution < 1.29 is 39.5 Å². The number of ether oxygens (including phenoxy) is 2. The molecule has 0 aromatic carbocycles. The molecule has 0 aromatic rings. The molecule has 162 valence electrons. The summed E-state index contributed by atoms with van der Waals surface area (Å²) in [4.78, 5) is 24.5. The van der Waals surface area contributed by atoms with E-state index in [-0.39, 0.29) is 17.6 Å². The molecule has 4 N–H and O–H groups in total. The van der Waals surface area contributed by atoms with Crippen LogP contribution in [0.4, 0.5) is 0 Å². The third kappa shape index (κ3) is 5.02. The molecule has 0 aromatic heterocycles. The first-order chi connectivity index (χ1) is 13.5. The molecule has 0 bridgehead atoms. The minimum Gasteiger partial charge on any atom is -0.466 e. The fourth-order valence-electron chi connectivity index (χ4n) is 3.79. The Morgan fingerprint density at radius 1 is 1.24 bits per heavy atom. The zero-order valence-corrected chi connectivity index (χ0v) is 16.8. The van der Waals surface area contributed by atoms with Crippen LogP contribution in [0.2, 0.25) is 0 Å². The van der Waals surface area contributed by atoms with Crippen LogP contribution in [0.5, 0.6) is 0 Å². The summed E-state index contributed by atoms with van der Waals surface area (Å²) in [5, 5.41) is 39.3. The van der Waals surface area contributed by atoms with Crippen LogP contribution in [0, 0.1) is 17.3 Å². The molecule has 1 saturated carbocycles. The van der Waals surface area contributed by atoms with Gasteiger partial charge in [-0.2, -0.15) is 0 Å². The second-order valence-electron chi connectivity index (χ2n) is 7.41. The molecule has 8 nitrogen and oxygen atoms in total. The number of esters is 2. The molecule has 0 radical (unpaired) electrons. The van der Waals surface area contributed by atoms with Gasteiger partial charge in [0, 0.05) is 11.5 Å². The van der Waals surface area contributed by atoms with Crippen LogP contribution in [-0.2, 0) is 19.1 Å². The van der Waals surface area contributed by atoms with Crippen LogP contribution in [-0.4, -0.2) is 71.0 Å². The monoisotopic (exact) mass is 410 g/mol. The topological polar surface area (TPSA) is 134 Å². The molecule has 0 amide bonds. The number of carbonyl (C=O) groups is 2. The van der Waals surface area contributed by atoms with Gasteiger partial charge in [-0.3, -0.25) is 0 Å². The fourth-order valence-corrected chi connectivity index (χ4v) is 3.79. The zero-order valence-electron chi connectivity index (χ0n) is 16.8. The molecule has 0 saturated heterocycles. The van der Waals surface area contributed by atoms with Crippen LogP contribution >= 0.6 is 0 Å². The lowest BCUT2D eigenvalue weighted by Gasteiger charge is -2.50. The predicted molar refractivity (Wildman–Crippen MR) is 105 cm³/mol. The standard InChI is InChI=1S/C21H30O8/c1-7-21(5)8-15(29-20(27)12(3)14(24)10-23)16(13(4)19(26)28-6)18(25)17(21)11(2)9-22/h7,14-18,22-25H,1-4,8-10H2,5-6H3/t14?,15-,16+,17+,18-,21+/m0/s1. The van der Waals surface area contributed by atoms with Gasteiger partial charge < -0.3 is 29.9 Å². The van der Waals surface area contributed by atoms with Crippen molar-refractivity contribution in [3.05, 3.63) is 49.1 Å². The summed E-state index contributed by atoms with van der Waals surface area (Å²) in [5.74, 6) is -3.54. The van der Waals surface area contributed by atoms with Crippen molar-refractivity contribution in [2.75, 3.05) is 20.3 Å². The van der Waals surface area contributed by atoms with E-state index in [9.17, 15) is 24.9 Å². The van der Waals surface area contributed by atoms with E-state index in [2.05, 4.69) is 26.3 Å². The summed E-state index contributed by atoms with van der Waals surface area (Å²) in [5.41, 5.74) is -0.999. The summed E-state index contributed by atoms with van der Waals surface area (Å²) < 4.78 is 10.2. The molecule has 1 rings (SSSR count). The smallest absolute Gasteiger partial charge is 0.336 e. The average molecular weight is 410 g/mol. The van der Waals surface area contributed by atoms with Gasteiger partial charge in [0.15, 0.2) is 0 Å². The van der Waals surface area contributed by atoms with Gasteiger partial charge in [0.1, 0.15) is 12.2 Å². The van der Waals surface area contributed by atoms with Gasteiger partial charge in [-0.05, 0) is 17.4 Å². The number of methoxy groups -OCH3 is 1. The van der Waals surface area contributed by atoms with Gasteiger partial charge >= 0.3 is 11.9 Å². The van der Waals surface area contributed by atoms with Crippen molar-refractivity contribution in [3.8, 4) is 0 Å². The number of hydrogen-bond donors (Lipinski definition) is 4. The average Bonchev–Trinajstić information content (AvgIpc) is 2.70. The fraction of sp³-hybridized carbons (Fsp3) is 0.524. The molecule has 1 unspecified atom stereocenters. The van der Waals surface area contributed by atoms with Crippen LogP contribution in [0.1, 0.15) is 13.3 Å². The number of hydrogen-bond acceptors (Lipinski definition) is 8. The maximum atomic E-state index is 12.4. The normalized spacial score (nSPS) is 30.0. The molecular formula is C21H30O8. The van der Waals surface area contributed by atoms with Crippen molar-refractivity contribution in [2.45, 2.75) is 31.7 Å². The zero-order chi connectivity index (χ0) is 22.5. The molecule has 1 aliphatic rings. The Labute approximate surface area is 170 Å². The number of aliphatic hydroxyl groups excluding tert-OH is 4. The van der Waals surface area contributed by atoms with E-state index in [4.69, 9.17) is 14.6 Å². The molecule has 1 aliphatic carbocycles. The lowest BCUT2D eigenvalue weighted by Crippen LogP contribution is -2.54. The number of carbonyl (C=O) groups excluding carboxylic acids is 2. The molecule has 0 spiro atoms. The number of aliphatic hydroxyl groups is 4. The second-order valence-corrected chi connectivity index (χ2v) is 7.41. The van der Waals surface area contributed by atoms with Crippen molar-refractivity contribution in [1.82, 2.24) is 0 Å². The molecule has 1 fully saturated rings. The third-order valence-electron chi connectivity index (χ3n) is 5.52. The Bertz CT molecular complexity index is 697. The molecule has 0 aliphatic heterocycles. The summed E-state index contributed by atoms with van der Waals surface area (Å²) in [6, 6.07) is 0. The van der Waals surface area contributed by atoms with E-state index in [1.165, 1.54) is 0 Å². The van der Waals surface area contributed by atoms with Crippen molar-refractivity contribution in [3.63, 3.8) is 0 Å². The van der Waals surface area contributed by atoms with E-state index in [0.29, 0.717) is 5.57 Å². The van der Waals surface area contributed by atoms with Gasteiger partial charge in [-0.25, -0.2) is 9.59 Å². The van der Waals surface area contributed by atoms with E-state index < -0.39 is 60.7 Å². The van der Waals surface area contributed by atoms with Crippen LogP contribution < -0.4 is 0 Å². The van der Waals surface area contributed by atoms with Crippen molar-refractivity contribution in [2.24, 2.45) is 17.3 Å². The Morgan fingerprint density at radius 2 is 1.83 bits per heavy atom. The van der Waals surface area contributed by atoms with Gasteiger partial charge in [-0.1, -0.05) is 32.7 Å². The Hall–Kier alpha value is -2.26. The largest absolute Gasteiger partial charge is 0.466 e. The maximum Gasteiger partial charge on any atom is 0.336 e. The quantitative estimate of drug-likeness (QED) is 0.242. The lowest BCUT2D eigenvalue weighted by molar-refractivity contribution is -0.162. The van der Waals surface area contributed by atoms with E-state index in [1.54, 1.807) is 13.0 Å². The van der Waals surface area contributed by atoms with Gasteiger partial charge in [0.05, 0.1) is 37.9 Å². The lowest BCUT2D eigenvalue weighted by atomic mass is 9.58. The highest BCUT2D eigenvalue weighted by molar-refractivity contribution is 5.90. The van der Waals surface area contributed by atoms with Crippen LogP contribution in [0.3, 0.4) is 0 Å².